The molecule has 1 aliphatic rings. The van der Waals surface area contributed by atoms with Gasteiger partial charge in [-0.05, 0) is 61.1 Å². The molecule has 0 saturated heterocycles. The molecule has 178 valence electrons. The van der Waals surface area contributed by atoms with Gasteiger partial charge in [0.1, 0.15) is 11.5 Å². The average molecular weight is 458 g/mol. The summed E-state index contributed by atoms with van der Waals surface area (Å²) in [6.45, 7) is 5.26. The van der Waals surface area contributed by atoms with Gasteiger partial charge in [0.15, 0.2) is 0 Å². The Morgan fingerprint density at radius 3 is 2.35 bits per heavy atom. The van der Waals surface area contributed by atoms with Gasteiger partial charge in [-0.1, -0.05) is 80.8 Å². The molecule has 0 spiro atoms. The number of unbranched alkanes of at least 4 members (excludes halogenated alkanes) is 3. The highest BCUT2D eigenvalue weighted by Crippen LogP contribution is 2.41. The van der Waals surface area contributed by atoms with E-state index in [1.54, 1.807) is 4.90 Å². The van der Waals surface area contributed by atoms with E-state index in [9.17, 15) is 9.90 Å². The lowest BCUT2D eigenvalue weighted by atomic mass is 9.99. The van der Waals surface area contributed by atoms with Crippen LogP contribution in [-0.2, 0) is 6.54 Å². The molecule has 0 aromatic heterocycles. The molecule has 0 heterocycles. The summed E-state index contributed by atoms with van der Waals surface area (Å²) in [6.07, 6.45) is 5.77. The van der Waals surface area contributed by atoms with Gasteiger partial charge in [-0.2, -0.15) is 0 Å². The first-order valence-electron chi connectivity index (χ1n) is 12.4. The van der Waals surface area contributed by atoms with Gasteiger partial charge in [-0.25, -0.2) is 0 Å². The van der Waals surface area contributed by atoms with Crippen LogP contribution in [0.25, 0.3) is 11.1 Å². The van der Waals surface area contributed by atoms with E-state index < -0.39 is 5.72 Å². The standard InChI is InChI=1S/C30H35NO3/c1-3-4-5-10-21-34-28-14-9-7-12-26(28)22-31(30(33)19-20-30)29(32)25-17-15-24(16-18-25)27-13-8-6-11-23(27)2/h6-9,11-18,33H,3-5,10,19-22H2,1-2H3. The van der Waals surface area contributed by atoms with Crippen molar-refractivity contribution in [3.63, 3.8) is 0 Å². The first-order chi connectivity index (χ1) is 16.5. The van der Waals surface area contributed by atoms with Crippen molar-refractivity contribution in [2.24, 2.45) is 0 Å². The van der Waals surface area contributed by atoms with Gasteiger partial charge >= 0.3 is 0 Å². The molecular weight excluding hydrogens is 422 g/mol. The summed E-state index contributed by atoms with van der Waals surface area (Å²) < 4.78 is 6.06. The van der Waals surface area contributed by atoms with Crippen molar-refractivity contribution < 1.29 is 14.6 Å². The summed E-state index contributed by atoms with van der Waals surface area (Å²) in [5.41, 5.74) is 3.85. The average Bonchev–Trinajstić information content (AvgIpc) is 3.61. The van der Waals surface area contributed by atoms with Crippen molar-refractivity contribution >= 4 is 5.91 Å². The number of aryl methyl sites for hydroxylation is 1. The number of amides is 1. The van der Waals surface area contributed by atoms with E-state index >= 15 is 0 Å². The van der Waals surface area contributed by atoms with Crippen LogP contribution in [-0.4, -0.2) is 28.2 Å². The van der Waals surface area contributed by atoms with Gasteiger partial charge < -0.3 is 14.7 Å². The topological polar surface area (TPSA) is 49.8 Å². The monoisotopic (exact) mass is 457 g/mol. The number of ether oxygens (including phenoxy) is 1. The SMILES string of the molecule is CCCCCCOc1ccccc1CN(C(=O)c1ccc(-c2ccccc2C)cc1)C1(O)CC1. The molecule has 4 heteroatoms. The summed E-state index contributed by atoms with van der Waals surface area (Å²) >= 11 is 0. The molecule has 1 N–H and O–H groups in total. The predicted octanol–water partition coefficient (Wildman–Crippen LogP) is 6.75. The Morgan fingerprint density at radius 1 is 0.941 bits per heavy atom. The number of para-hydroxylation sites is 1. The molecule has 1 amide bonds. The maximum absolute atomic E-state index is 13.5. The molecule has 3 aromatic carbocycles. The Balaban J connectivity index is 1.50. The maximum atomic E-state index is 13.5. The Kier molecular flexibility index (Phi) is 7.69. The molecule has 4 rings (SSSR count). The largest absolute Gasteiger partial charge is 0.493 e. The molecule has 3 aromatic rings. The Labute approximate surface area is 203 Å². The van der Waals surface area contributed by atoms with Gasteiger partial charge in [0.2, 0.25) is 0 Å². The molecule has 0 aliphatic heterocycles. The number of nitrogens with zero attached hydrogens (tertiary/aromatic N) is 1. The zero-order valence-corrected chi connectivity index (χ0v) is 20.3. The lowest BCUT2D eigenvalue weighted by Crippen LogP contribution is -2.41. The van der Waals surface area contributed by atoms with Crippen LogP contribution in [0.1, 0.15) is 66.9 Å². The fraction of sp³-hybridized carbons (Fsp3) is 0.367. The lowest BCUT2D eigenvalue weighted by Gasteiger charge is -2.29. The van der Waals surface area contributed by atoms with E-state index in [-0.39, 0.29) is 5.91 Å². The molecular formula is C30H35NO3. The van der Waals surface area contributed by atoms with E-state index in [0.717, 1.165) is 35.3 Å². The van der Waals surface area contributed by atoms with Crippen LogP contribution in [0, 0.1) is 6.92 Å². The minimum absolute atomic E-state index is 0.158. The molecule has 4 nitrogen and oxygen atoms in total. The molecule has 0 radical (unpaired) electrons. The summed E-state index contributed by atoms with van der Waals surface area (Å²) in [5, 5.41) is 11.0. The third-order valence-corrected chi connectivity index (χ3v) is 6.59. The van der Waals surface area contributed by atoms with Gasteiger partial charge in [0.25, 0.3) is 5.91 Å². The van der Waals surface area contributed by atoms with Crippen LogP contribution >= 0.6 is 0 Å². The van der Waals surface area contributed by atoms with Crippen molar-refractivity contribution in [3.05, 3.63) is 89.5 Å². The van der Waals surface area contributed by atoms with E-state index in [0.29, 0.717) is 31.6 Å². The summed E-state index contributed by atoms with van der Waals surface area (Å²) in [7, 11) is 0. The van der Waals surface area contributed by atoms with Gasteiger partial charge in [-0.15, -0.1) is 0 Å². The fourth-order valence-corrected chi connectivity index (χ4v) is 4.29. The van der Waals surface area contributed by atoms with Crippen molar-refractivity contribution in [1.82, 2.24) is 4.90 Å². The predicted molar refractivity (Wildman–Crippen MR) is 137 cm³/mol. The van der Waals surface area contributed by atoms with Crippen LogP contribution in [0.5, 0.6) is 5.75 Å². The Hall–Kier alpha value is -3.11. The second-order valence-corrected chi connectivity index (χ2v) is 9.28. The molecule has 1 fully saturated rings. The molecule has 1 saturated carbocycles. The highest BCUT2D eigenvalue weighted by molar-refractivity contribution is 5.95. The zero-order valence-electron chi connectivity index (χ0n) is 20.3. The van der Waals surface area contributed by atoms with Crippen molar-refractivity contribution in [2.45, 2.75) is 64.6 Å². The third-order valence-electron chi connectivity index (χ3n) is 6.59. The highest BCUT2D eigenvalue weighted by atomic mass is 16.5. The molecule has 0 unspecified atom stereocenters. The minimum atomic E-state index is -1.08. The second kappa shape index (κ2) is 10.9. The van der Waals surface area contributed by atoms with Crippen LogP contribution in [0.15, 0.2) is 72.8 Å². The van der Waals surface area contributed by atoms with Gasteiger partial charge in [0.05, 0.1) is 13.2 Å². The molecule has 1 aliphatic carbocycles. The smallest absolute Gasteiger partial charge is 0.256 e. The number of carbonyl (C=O) groups is 1. The number of hydrogen-bond acceptors (Lipinski definition) is 3. The summed E-state index contributed by atoms with van der Waals surface area (Å²) in [5.74, 6) is 0.630. The van der Waals surface area contributed by atoms with Crippen LogP contribution in [0.3, 0.4) is 0 Å². The quantitative estimate of drug-likeness (QED) is 0.256. The van der Waals surface area contributed by atoms with Crippen LogP contribution < -0.4 is 4.74 Å². The van der Waals surface area contributed by atoms with Gasteiger partial charge in [0, 0.05) is 11.1 Å². The lowest BCUT2D eigenvalue weighted by molar-refractivity contribution is -0.0150. The van der Waals surface area contributed by atoms with Gasteiger partial charge in [-0.3, -0.25) is 4.79 Å². The van der Waals surface area contributed by atoms with Crippen molar-refractivity contribution in [3.8, 4) is 16.9 Å². The molecule has 0 bridgehead atoms. The van der Waals surface area contributed by atoms with Crippen LogP contribution in [0.4, 0.5) is 0 Å². The minimum Gasteiger partial charge on any atom is -0.493 e. The first-order valence-corrected chi connectivity index (χ1v) is 12.4. The normalized spacial score (nSPS) is 14.0. The maximum Gasteiger partial charge on any atom is 0.256 e. The second-order valence-electron chi connectivity index (χ2n) is 9.28. The summed E-state index contributed by atoms with van der Waals surface area (Å²) in [4.78, 5) is 15.1. The van der Waals surface area contributed by atoms with Crippen molar-refractivity contribution in [2.75, 3.05) is 6.61 Å². The van der Waals surface area contributed by atoms with E-state index in [1.165, 1.54) is 18.4 Å². The number of benzene rings is 3. The van der Waals surface area contributed by atoms with Crippen molar-refractivity contribution in [1.29, 1.82) is 0 Å². The first kappa shape index (κ1) is 24.0. The number of carbonyl (C=O) groups excluding carboxylic acids is 1. The number of rotatable bonds is 11. The Morgan fingerprint density at radius 2 is 1.65 bits per heavy atom. The highest BCUT2D eigenvalue weighted by Gasteiger charge is 2.49. The summed E-state index contributed by atoms with van der Waals surface area (Å²) in [6, 6.07) is 23.7. The Bertz CT molecular complexity index is 1100. The van der Waals surface area contributed by atoms with E-state index in [4.69, 9.17) is 4.74 Å². The van der Waals surface area contributed by atoms with E-state index in [2.05, 4.69) is 26.0 Å². The number of hydrogen-bond donors (Lipinski definition) is 1. The van der Waals surface area contributed by atoms with E-state index in [1.807, 2.05) is 60.7 Å². The number of aliphatic hydroxyl groups is 1. The fourth-order valence-electron chi connectivity index (χ4n) is 4.29. The zero-order chi connectivity index (χ0) is 24.0. The van der Waals surface area contributed by atoms with Crippen LogP contribution in [0.2, 0.25) is 0 Å². The third kappa shape index (κ3) is 5.68. The molecule has 34 heavy (non-hydrogen) atoms. The molecule has 0 atom stereocenters.